The molecule has 1 aliphatic heterocycles. The fourth-order valence-electron chi connectivity index (χ4n) is 2.93. The Morgan fingerprint density at radius 3 is 2.37 bits per heavy atom. The number of likely N-dealkylation sites (tertiary alicyclic amines) is 1. The molecular formula is C22H34N4O9. The molecule has 1 fully saturated rings. The van der Waals surface area contributed by atoms with E-state index in [0.29, 0.717) is 17.8 Å². The van der Waals surface area contributed by atoms with Crippen LogP contribution in [-0.4, -0.2) is 100 Å². The molecule has 196 valence electrons. The van der Waals surface area contributed by atoms with Crippen molar-refractivity contribution in [2.75, 3.05) is 40.3 Å². The van der Waals surface area contributed by atoms with Gasteiger partial charge in [0, 0.05) is 30.4 Å². The highest BCUT2D eigenvalue weighted by molar-refractivity contribution is 5.85. The smallest absolute Gasteiger partial charge is 0.306 e. The molecule has 0 saturated carbocycles. The van der Waals surface area contributed by atoms with E-state index in [9.17, 15) is 29.4 Å². The summed E-state index contributed by atoms with van der Waals surface area (Å²) in [5.41, 5.74) is 5.94. The van der Waals surface area contributed by atoms with Crippen LogP contribution in [0.3, 0.4) is 0 Å². The number of hydrogen-bond donors (Lipinski definition) is 4. The zero-order valence-electron chi connectivity index (χ0n) is 20.2. The Hall–Kier alpha value is -3.29. The van der Waals surface area contributed by atoms with Crippen molar-refractivity contribution in [3.05, 3.63) is 23.0 Å². The van der Waals surface area contributed by atoms with Gasteiger partial charge in [-0.15, -0.1) is 0 Å². The second-order valence-electron chi connectivity index (χ2n) is 8.14. The Bertz CT molecular complexity index is 892. The van der Waals surface area contributed by atoms with Gasteiger partial charge in [0.05, 0.1) is 44.2 Å². The maximum atomic E-state index is 11.7. The van der Waals surface area contributed by atoms with E-state index < -0.39 is 23.9 Å². The van der Waals surface area contributed by atoms with Crippen LogP contribution < -0.4 is 5.73 Å². The van der Waals surface area contributed by atoms with Crippen LogP contribution in [0.4, 0.5) is 0 Å². The zero-order valence-corrected chi connectivity index (χ0v) is 20.2. The Morgan fingerprint density at radius 2 is 1.86 bits per heavy atom. The number of aliphatic hydroxyl groups is 2. The van der Waals surface area contributed by atoms with E-state index in [2.05, 4.69) is 4.98 Å². The molecule has 2 heterocycles. The van der Waals surface area contributed by atoms with Crippen molar-refractivity contribution >= 4 is 23.8 Å². The van der Waals surface area contributed by atoms with Crippen LogP contribution in [0.25, 0.3) is 0 Å². The molecular weight excluding hydrogens is 464 g/mol. The van der Waals surface area contributed by atoms with Crippen LogP contribution in [0.15, 0.2) is 6.20 Å². The van der Waals surface area contributed by atoms with Crippen molar-refractivity contribution in [1.82, 2.24) is 14.8 Å². The molecule has 2 rings (SSSR count). The van der Waals surface area contributed by atoms with E-state index in [1.165, 1.54) is 11.1 Å². The van der Waals surface area contributed by atoms with Gasteiger partial charge in [0.25, 0.3) is 0 Å². The van der Waals surface area contributed by atoms with Crippen LogP contribution >= 0.6 is 0 Å². The number of aromatic hydroxyl groups is 1. The molecule has 1 atom stereocenters. The maximum Gasteiger partial charge on any atom is 0.306 e. The predicted octanol–water partition coefficient (Wildman–Crippen LogP) is -1.42. The zero-order chi connectivity index (χ0) is 26.5. The lowest BCUT2D eigenvalue weighted by Gasteiger charge is -2.11. The van der Waals surface area contributed by atoms with Crippen LogP contribution in [0.2, 0.25) is 0 Å². The molecule has 13 nitrogen and oxygen atoms in total. The predicted molar refractivity (Wildman–Crippen MR) is 122 cm³/mol. The van der Waals surface area contributed by atoms with E-state index in [1.54, 1.807) is 6.92 Å². The number of carbonyl (C=O) groups excluding carboxylic acids is 4. The summed E-state index contributed by atoms with van der Waals surface area (Å²) in [6, 6.07) is 0. The number of nitrogens with zero attached hydrogens (tertiary/aromatic N) is 3. The fraction of sp³-hybridized carbons (Fsp3) is 0.591. The molecule has 0 spiro atoms. The first-order valence-electron chi connectivity index (χ1n) is 10.9. The average molecular weight is 499 g/mol. The Labute approximate surface area is 203 Å². The molecule has 1 unspecified atom stereocenters. The number of likely N-dealkylation sites (N-methyl/N-ethyl adjacent to an activating group) is 1. The number of pyridine rings is 1. The second-order valence-corrected chi connectivity index (χ2v) is 8.14. The van der Waals surface area contributed by atoms with Crippen LogP contribution in [0, 0.1) is 6.92 Å². The quantitative estimate of drug-likeness (QED) is 0.262. The number of primary amides is 1. The summed E-state index contributed by atoms with van der Waals surface area (Å²) in [5.74, 6) is -1.90. The molecule has 13 heteroatoms. The number of rotatable bonds is 11. The standard InChI is InChI=1S/C16H24N2O6.C6H10N2O3/c1-11-16(22)13(9-19)12(8-17-11)10-24-15(21)5-4-14(20)23-7-6-18(2)3;7-5(10)3-8-2-4(9)1-6(8)11/h8,19,22H,4-7,9-10H2,1-3H3;4,9H,1-3H2,(H2,7,10). The van der Waals surface area contributed by atoms with Crippen molar-refractivity contribution in [2.45, 2.75) is 45.5 Å². The minimum atomic E-state index is -0.637. The van der Waals surface area contributed by atoms with Gasteiger partial charge in [-0.1, -0.05) is 0 Å². The molecule has 5 N–H and O–H groups in total. The van der Waals surface area contributed by atoms with Gasteiger partial charge in [0.1, 0.15) is 19.0 Å². The van der Waals surface area contributed by atoms with E-state index in [-0.39, 0.29) is 69.4 Å². The third-order valence-corrected chi connectivity index (χ3v) is 4.85. The van der Waals surface area contributed by atoms with Crippen LogP contribution in [0.1, 0.15) is 36.1 Å². The van der Waals surface area contributed by atoms with Gasteiger partial charge in [-0.05, 0) is 21.0 Å². The third kappa shape index (κ3) is 11.1. The van der Waals surface area contributed by atoms with Crippen molar-refractivity contribution < 1.29 is 44.0 Å². The van der Waals surface area contributed by atoms with E-state index >= 15 is 0 Å². The van der Waals surface area contributed by atoms with E-state index in [1.807, 2.05) is 19.0 Å². The lowest BCUT2D eigenvalue weighted by molar-refractivity contribution is -0.151. The van der Waals surface area contributed by atoms with E-state index in [4.69, 9.17) is 20.3 Å². The maximum absolute atomic E-state index is 11.7. The topological polar surface area (TPSA) is 193 Å². The largest absolute Gasteiger partial charge is 0.506 e. The highest BCUT2D eigenvalue weighted by Crippen LogP contribution is 2.24. The molecule has 0 aromatic carbocycles. The van der Waals surface area contributed by atoms with Crippen molar-refractivity contribution in [2.24, 2.45) is 5.73 Å². The number of aliphatic hydroxyl groups excluding tert-OH is 2. The highest BCUT2D eigenvalue weighted by atomic mass is 16.5. The summed E-state index contributed by atoms with van der Waals surface area (Å²) >= 11 is 0. The molecule has 1 saturated heterocycles. The summed E-state index contributed by atoms with van der Waals surface area (Å²) in [4.78, 5) is 51.5. The summed E-state index contributed by atoms with van der Waals surface area (Å²) in [7, 11) is 3.73. The summed E-state index contributed by atoms with van der Waals surface area (Å²) in [5, 5.41) is 28.1. The normalized spacial score (nSPS) is 15.0. The number of ether oxygens (including phenoxy) is 2. The van der Waals surface area contributed by atoms with Gasteiger partial charge >= 0.3 is 11.9 Å². The molecule has 0 bridgehead atoms. The molecule has 1 aromatic heterocycles. The SMILES string of the molecule is Cc1ncc(COC(=O)CCC(=O)OCCN(C)C)c(CO)c1O.NC(=O)CN1CC(O)CC1=O. The first-order chi connectivity index (χ1) is 16.4. The Balaban J connectivity index is 0.000000462. The van der Waals surface area contributed by atoms with Crippen molar-refractivity contribution in [1.29, 1.82) is 0 Å². The first kappa shape index (κ1) is 29.7. The number of hydrogen-bond acceptors (Lipinski definition) is 11. The number of amides is 2. The van der Waals surface area contributed by atoms with Gasteiger partial charge in [-0.3, -0.25) is 24.2 Å². The Kier molecular flexibility index (Phi) is 12.6. The van der Waals surface area contributed by atoms with E-state index in [0.717, 1.165) is 0 Å². The van der Waals surface area contributed by atoms with Gasteiger partial charge in [-0.2, -0.15) is 0 Å². The number of aryl methyl sites for hydroxylation is 1. The van der Waals surface area contributed by atoms with Crippen LogP contribution in [-0.2, 0) is 41.9 Å². The van der Waals surface area contributed by atoms with Gasteiger partial charge in [-0.25, -0.2) is 0 Å². The number of nitrogens with two attached hydrogens (primary N) is 1. The molecule has 2 amide bonds. The van der Waals surface area contributed by atoms with Crippen molar-refractivity contribution in [3.63, 3.8) is 0 Å². The monoisotopic (exact) mass is 498 g/mol. The fourth-order valence-corrected chi connectivity index (χ4v) is 2.93. The minimum Gasteiger partial charge on any atom is -0.506 e. The Morgan fingerprint density at radius 1 is 1.23 bits per heavy atom. The highest BCUT2D eigenvalue weighted by Gasteiger charge is 2.28. The number of esters is 2. The minimum absolute atomic E-state index is 0.0590. The van der Waals surface area contributed by atoms with Gasteiger partial charge in [0.2, 0.25) is 11.8 Å². The average Bonchev–Trinajstić information content (AvgIpc) is 3.09. The molecule has 1 aliphatic rings. The van der Waals surface area contributed by atoms with Gasteiger partial charge < -0.3 is 40.3 Å². The summed E-state index contributed by atoms with van der Waals surface area (Å²) in [6.07, 6.45) is 0.745. The number of aromatic nitrogens is 1. The second kappa shape index (κ2) is 14.9. The van der Waals surface area contributed by atoms with Crippen LogP contribution in [0.5, 0.6) is 5.75 Å². The molecule has 0 radical (unpaired) electrons. The summed E-state index contributed by atoms with van der Waals surface area (Å²) in [6.45, 7) is 2.11. The summed E-state index contributed by atoms with van der Waals surface area (Å²) < 4.78 is 10.0. The molecule has 35 heavy (non-hydrogen) atoms. The lowest BCUT2D eigenvalue weighted by atomic mass is 10.1. The first-order valence-corrected chi connectivity index (χ1v) is 10.9. The molecule has 1 aromatic rings. The number of carbonyl (C=O) groups is 4. The number of β-amino-alcohol motifs (C(OH)–C–C–N with tert-alkyl or cyclic N) is 1. The van der Waals surface area contributed by atoms with Gasteiger partial charge in [0.15, 0.2) is 0 Å². The third-order valence-electron chi connectivity index (χ3n) is 4.85. The lowest BCUT2D eigenvalue weighted by Crippen LogP contribution is -2.35. The van der Waals surface area contributed by atoms with Crippen molar-refractivity contribution in [3.8, 4) is 5.75 Å². The molecule has 0 aliphatic carbocycles.